The zero-order valence-corrected chi connectivity index (χ0v) is 33.0. The molecule has 0 fully saturated rings. The van der Waals surface area contributed by atoms with Crippen molar-refractivity contribution in [3.8, 4) is 22.3 Å². The van der Waals surface area contributed by atoms with Gasteiger partial charge < -0.3 is 9.80 Å². The third-order valence-electron chi connectivity index (χ3n) is 12.5. The van der Waals surface area contributed by atoms with Crippen LogP contribution in [-0.4, -0.2) is 0 Å². The summed E-state index contributed by atoms with van der Waals surface area (Å²) in [5, 5.41) is 5.01. The summed E-state index contributed by atoms with van der Waals surface area (Å²) in [4.78, 5) is 5.01. The molecule has 0 saturated heterocycles. The molecule has 0 aromatic heterocycles. The minimum absolute atomic E-state index is 1.02. The largest absolute Gasteiger partial charge is 0.310 e. The second kappa shape index (κ2) is 13.9. The molecule has 9 aromatic carbocycles. The molecule has 58 heavy (non-hydrogen) atoms. The average Bonchev–Trinajstić information content (AvgIpc) is 3.54. The van der Waals surface area contributed by atoms with Crippen molar-refractivity contribution in [3.63, 3.8) is 0 Å². The molecule has 2 heteroatoms. The maximum absolute atomic E-state index is 2.50. The first-order valence-corrected chi connectivity index (χ1v) is 20.7. The Morgan fingerprint density at radius 2 is 0.621 bits per heavy atom. The van der Waals surface area contributed by atoms with E-state index in [0.29, 0.717) is 0 Å². The van der Waals surface area contributed by atoms with Gasteiger partial charge in [-0.25, -0.2) is 0 Å². The van der Waals surface area contributed by atoms with Crippen molar-refractivity contribution in [1.29, 1.82) is 0 Å². The lowest BCUT2D eigenvalue weighted by Crippen LogP contribution is -2.12. The van der Waals surface area contributed by atoms with Gasteiger partial charge in [-0.1, -0.05) is 145 Å². The number of fused-ring (bicyclic) bond motifs is 6. The van der Waals surface area contributed by atoms with Gasteiger partial charge in [-0.05, 0) is 154 Å². The first-order chi connectivity index (χ1) is 28.6. The zero-order valence-electron chi connectivity index (χ0n) is 33.0. The molecule has 9 aromatic rings. The van der Waals surface area contributed by atoms with E-state index in [1.165, 1.54) is 111 Å². The number of hydrogen-bond acceptors (Lipinski definition) is 2. The smallest absolute Gasteiger partial charge is 0.0493 e. The van der Waals surface area contributed by atoms with Crippen LogP contribution in [0.2, 0.25) is 0 Å². The van der Waals surface area contributed by atoms with Gasteiger partial charge in [-0.2, -0.15) is 0 Å². The van der Waals surface area contributed by atoms with E-state index in [9.17, 15) is 0 Å². The number of anilines is 6. The zero-order chi connectivity index (χ0) is 38.7. The van der Waals surface area contributed by atoms with E-state index in [2.05, 4.69) is 206 Å². The molecule has 0 radical (unpaired) electrons. The third-order valence-corrected chi connectivity index (χ3v) is 12.5. The number of aryl methyl sites for hydroxylation is 6. The fraction of sp³-hybridized carbons (Fsp3) is 0.107. The Balaban J connectivity index is 1.24. The van der Waals surface area contributed by atoms with Crippen molar-refractivity contribution >= 4 is 55.7 Å². The average molecular weight is 745 g/mol. The highest BCUT2D eigenvalue weighted by Gasteiger charge is 2.26. The van der Waals surface area contributed by atoms with Crippen molar-refractivity contribution in [3.05, 3.63) is 215 Å². The van der Waals surface area contributed by atoms with E-state index in [-0.39, 0.29) is 0 Å². The second-order valence-corrected chi connectivity index (χ2v) is 16.1. The molecule has 0 saturated carbocycles. The van der Waals surface area contributed by atoms with Gasteiger partial charge in [0.1, 0.15) is 0 Å². The van der Waals surface area contributed by atoms with Gasteiger partial charge in [0.2, 0.25) is 0 Å². The Labute approximate surface area is 341 Å². The lowest BCUT2D eigenvalue weighted by atomic mass is 9.85. The van der Waals surface area contributed by atoms with Crippen LogP contribution in [0.15, 0.2) is 182 Å². The summed E-state index contributed by atoms with van der Waals surface area (Å²) >= 11 is 0. The summed E-state index contributed by atoms with van der Waals surface area (Å²) in [6, 6.07) is 68.5. The second-order valence-electron chi connectivity index (χ2n) is 16.1. The van der Waals surface area contributed by atoms with Crippen molar-refractivity contribution in [2.24, 2.45) is 0 Å². The van der Waals surface area contributed by atoms with Gasteiger partial charge >= 0.3 is 0 Å². The molecule has 0 bridgehead atoms. The van der Waals surface area contributed by atoms with Crippen molar-refractivity contribution < 1.29 is 0 Å². The van der Waals surface area contributed by atoms with Crippen molar-refractivity contribution in [2.75, 3.05) is 9.80 Å². The standard InChI is InChI=1S/C56H44N2/c1-37-19-23-43(24-20-37)55-47-33-31-46(58-53-17-9-5-13-41(53)29-30-42-14-6-10-18-54(42)58)36-50(47)56(44-25-21-38(2)22-26-44)48-34-32-45(35-49(48)55)57-51-15-7-3-11-39(51)27-28-40-12-4-8-16-52(40)57/h3-26,31-36H,27-30H2,1-2H3. The minimum Gasteiger partial charge on any atom is -0.310 e. The summed E-state index contributed by atoms with van der Waals surface area (Å²) in [7, 11) is 0. The Hall–Kier alpha value is -6.90. The van der Waals surface area contributed by atoms with Crippen LogP contribution in [0.4, 0.5) is 34.1 Å². The Morgan fingerprint density at radius 3 is 0.948 bits per heavy atom. The third kappa shape index (κ3) is 5.71. The predicted octanol–water partition coefficient (Wildman–Crippen LogP) is 15.1. The van der Waals surface area contributed by atoms with Crippen LogP contribution in [0.25, 0.3) is 43.8 Å². The highest BCUT2D eigenvalue weighted by Crippen LogP contribution is 2.50. The summed E-state index contributed by atoms with van der Waals surface area (Å²) in [5.74, 6) is 0. The SMILES string of the molecule is Cc1ccc(-c2c3ccc(N4c5ccccc5CCc5ccccc54)cc3c(-c3ccc(C)cc3)c3ccc(N4c5ccccc5CCc5ccccc54)cc23)cc1. The molecule has 0 spiro atoms. The minimum atomic E-state index is 1.02. The summed E-state index contributed by atoms with van der Waals surface area (Å²) in [6.45, 7) is 4.35. The van der Waals surface area contributed by atoms with E-state index < -0.39 is 0 Å². The number of nitrogens with zero attached hydrogens (tertiary/aromatic N) is 2. The Bertz CT molecular complexity index is 2730. The fourth-order valence-electron chi connectivity index (χ4n) is 9.66. The number of rotatable bonds is 4. The lowest BCUT2D eigenvalue weighted by Gasteiger charge is -2.29. The van der Waals surface area contributed by atoms with Crippen LogP contribution in [-0.2, 0) is 25.7 Å². The van der Waals surface area contributed by atoms with E-state index in [1.807, 2.05) is 0 Å². The first-order valence-electron chi connectivity index (χ1n) is 20.7. The van der Waals surface area contributed by atoms with Gasteiger partial charge in [0.25, 0.3) is 0 Å². The molecular weight excluding hydrogens is 701 g/mol. The molecule has 0 amide bonds. The number of hydrogen-bond donors (Lipinski definition) is 0. The highest BCUT2D eigenvalue weighted by atomic mass is 15.2. The van der Waals surface area contributed by atoms with E-state index in [1.54, 1.807) is 0 Å². The molecule has 2 aliphatic heterocycles. The maximum atomic E-state index is 2.50. The summed E-state index contributed by atoms with van der Waals surface area (Å²) in [5.41, 5.74) is 20.4. The van der Waals surface area contributed by atoms with Gasteiger partial charge in [0.05, 0.1) is 0 Å². The van der Waals surface area contributed by atoms with Crippen molar-refractivity contribution in [2.45, 2.75) is 39.5 Å². The van der Waals surface area contributed by atoms with E-state index >= 15 is 0 Å². The first kappa shape index (κ1) is 34.4. The number of para-hydroxylation sites is 4. The van der Waals surface area contributed by atoms with Crippen LogP contribution < -0.4 is 9.80 Å². The van der Waals surface area contributed by atoms with Crippen molar-refractivity contribution in [1.82, 2.24) is 0 Å². The molecule has 0 atom stereocenters. The summed E-state index contributed by atoms with van der Waals surface area (Å²) in [6.07, 6.45) is 4.07. The summed E-state index contributed by atoms with van der Waals surface area (Å²) < 4.78 is 0. The lowest BCUT2D eigenvalue weighted by molar-refractivity contribution is 0.977. The molecule has 0 unspecified atom stereocenters. The van der Waals surface area contributed by atoms with Gasteiger partial charge in [0.15, 0.2) is 0 Å². The normalized spacial score (nSPS) is 13.3. The van der Waals surface area contributed by atoms with Gasteiger partial charge in [-0.15, -0.1) is 0 Å². The maximum Gasteiger partial charge on any atom is 0.0493 e. The van der Waals surface area contributed by atoms with Crippen LogP contribution in [0.5, 0.6) is 0 Å². The van der Waals surface area contributed by atoms with Crippen LogP contribution in [0.1, 0.15) is 33.4 Å². The molecule has 2 aliphatic rings. The molecule has 278 valence electrons. The molecule has 11 rings (SSSR count). The van der Waals surface area contributed by atoms with Crippen LogP contribution in [0, 0.1) is 13.8 Å². The predicted molar refractivity (Wildman–Crippen MR) is 246 cm³/mol. The van der Waals surface area contributed by atoms with E-state index in [4.69, 9.17) is 0 Å². The fourth-order valence-corrected chi connectivity index (χ4v) is 9.66. The van der Waals surface area contributed by atoms with Gasteiger partial charge in [-0.3, -0.25) is 0 Å². The van der Waals surface area contributed by atoms with Crippen LogP contribution in [0.3, 0.4) is 0 Å². The quantitative estimate of drug-likeness (QED) is 0.166. The monoisotopic (exact) mass is 744 g/mol. The molecular formula is C56H44N2. The number of benzene rings is 9. The molecule has 2 heterocycles. The Kier molecular flexibility index (Phi) is 8.25. The highest BCUT2D eigenvalue weighted by molar-refractivity contribution is 6.22. The Morgan fingerprint density at radius 1 is 0.310 bits per heavy atom. The van der Waals surface area contributed by atoms with Gasteiger partial charge in [0, 0.05) is 34.1 Å². The molecule has 0 N–H and O–H groups in total. The molecule has 2 nitrogen and oxygen atoms in total. The van der Waals surface area contributed by atoms with Crippen LogP contribution >= 0.6 is 0 Å². The topological polar surface area (TPSA) is 6.48 Å². The molecule has 0 aliphatic carbocycles. The van der Waals surface area contributed by atoms with E-state index in [0.717, 1.165) is 25.7 Å².